The summed E-state index contributed by atoms with van der Waals surface area (Å²) >= 11 is 0. The van der Waals surface area contributed by atoms with Gasteiger partial charge < -0.3 is 15.0 Å². The molecule has 0 atom stereocenters. The molecule has 0 aromatic carbocycles. The third-order valence-corrected chi connectivity index (χ3v) is 1.10. The van der Waals surface area contributed by atoms with Gasteiger partial charge in [-0.15, -0.1) is 0 Å². The van der Waals surface area contributed by atoms with Gasteiger partial charge in [-0.1, -0.05) is 7.43 Å². The first-order valence-electron chi connectivity index (χ1n) is 2.88. The molecule has 6 nitrogen and oxygen atoms in total. The zero-order chi connectivity index (χ0) is 9.14. The van der Waals surface area contributed by atoms with Crippen LogP contribution in [0.25, 0.3) is 0 Å². The van der Waals surface area contributed by atoms with Crippen molar-refractivity contribution in [2.75, 3.05) is 0 Å². The van der Waals surface area contributed by atoms with E-state index in [9.17, 15) is 14.7 Å². The summed E-state index contributed by atoms with van der Waals surface area (Å²) in [6.45, 7) is 0. The largest absolute Gasteiger partial charge is 0.543 e. The van der Waals surface area contributed by atoms with Crippen molar-refractivity contribution in [1.82, 2.24) is 9.97 Å². The molecule has 0 amide bonds. The lowest BCUT2D eigenvalue weighted by Crippen LogP contribution is -2.24. The van der Waals surface area contributed by atoms with Crippen LogP contribution in [-0.2, 0) is 0 Å². The van der Waals surface area contributed by atoms with Gasteiger partial charge in [-0.3, -0.25) is 0 Å². The Morgan fingerprint density at radius 1 is 1.31 bits per heavy atom. The van der Waals surface area contributed by atoms with E-state index in [-0.39, 0.29) is 13.1 Å². The highest BCUT2D eigenvalue weighted by molar-refractivity contribution is 5.89. The zero-order valence-electron chi connectivity index (χ0n) is 5.72. The number of hydrogen-bond acceptors (Lipinski definition) is 5. The lowest BCUT2D eigenvalue weighted by Gasteiger charge is -1.99. The number of aromatic carboxylic acids is 2. The van der Waals surface area contributed by atoms with Crippen LogP contribution < -0.4 is 5.11 Å². The monoisotopic (exact) mass is 183 g/mol. The lowest BCUT2D eigenvalue weighted by atomic mass is 10.3. The van der Waals surface area contributed by atoms with Crippen molar-refractivity contribution in [2.24, 2.45) is 0 Å². The summed E-state index contributed by atoms with van der Waals surface area (Å²) in [6.07, 6.45) is 0.856. The molecule has 1 aromatic rings. The van der Waals surface area contributed by atoms with E-state index in [2.05, 4.69) is 9.97 Å². The van der Waals surface area contributed by atoms with Crippen molar-refractivity contribution in [3.8, 4) is 0 Å². The van der Waals surface area contributed by atoms with Gasteiger partial charge in [0.25, 0.3) is 0 Å². The second kappa shape index (κ2) is 4.15. The summed E-state index contributed by atoms with van der Waals surface area (Å²) in [5.74, 6) is -2.83. The van der Waals surface area contributed by atoms with Crippen LogP contribution in [-0.4, -0.2) is 27.0 Å². The Bertz CT molecular complexity index is 308. The molecule has 1 heterocycles. The first-order chi connectivity index (χ1) is 5.61. The van der Waals surface area contributed by atoms with Crippen LogP contribution in [0.5, 0.6) is 0 Å². The Balaban J connectivity index is 0.00000144. The maximum atomic E-state index is 10.3. The lowest BCUT2D eigenvalue weighted by molar-refractivity contribution is -0.255. The van der Waals surface area contributed by atoms with Crippen molar-refractivity contribution < 1.29 is 19.8 Å². The summed E-state index contributed by atoms with van der Waals surface area (Å²) in [7, 11) is 0. The van der Waals surface area contributed by atoms with Crippen molar-refractivity contribution in [1.29, 1.82) is 0 Å². The molecule has 0 aliphatic rings. The second-order valence-electron chi connectivity index (χ2n) is 1.88. The van der Waals surface area contributed by atoms with Gasteiger partial charge in [-0.2, -0.15) is 0 Å². The third-order valence-electron chi connectivity index (χ3n) is 1.10. The van der Waals surface area contributed by atoms with Crippen LogP contribution in [0.15, 0.2) is 12.4 Å². The minimum absolute atomic E-state index is 0. The Hall–Kier alpha value is -1.98. The topological polar surface area (TPSA) is 103 Å². The van der Waals surface area contributed by atoms with Crippen molar-refractivity contribution in [2.45, 2.75) is 7.43 Å². The van der Waals surface area contributed by atoms with Crippen LogP contribution in [0.2, 0.25) is 0 Å². The van der Waals surface area contributed by atoms with Crippen molar-refractivity contribution >= 4 is 11.9 Å². The van der Waals surface area contributed by atoms with Crippen LogP contribution in [0, 0.1) is 0 Å². The van der Waals surface area contributed by atoms with Gasteiger partial charge in [-0.25, -0.2) is 14.8 Å². The SMILES string of the molecule is C.O=C([O-])c1cc(C(=O)O)ncn1. The Morgan fingerprint density at radius 3 is 2.31 bits per heavy atom. The molecule has 0 bridgehead atoms. The molecule has 0 fully saturated rings. The third kappa shape index (κ3) is 2.51. The Labute approximate surface area is 73.9 Å². The number of rotatable bonds is 2. The van der Waals surface area contributed by atoms with Gasteiger partial charge in [-0.05, 0) is 6.07 Å². The van der Waals surface area contributed by atoms with E-state index in [1.807, 2.05) is 0 Å². The molecule has 6 heteroatoms. The highest BCUT2D eigenvalue weighted by Gasteiger charge is 2.05. The van der Waals surface area contributed by atoms with E-state index in [1.54, 1.807) is 0 Å². The molecule has 0 aliphatic carbocycles. The number of carboxylic acids is 2. The molecule has 0 radical (unpaired) electrons. The molecule has 0 spiro atoms. The summed E-state index contributed by atoms with van der Waals surface area (Å²) in [5, 5.41) is 18.6. The standard InChI is InChI=1S/C6H4N2O4.CH4/c9-5(10)3-1-4(6(11)12)8-2-7-3;/h1-2H,(H,9,10)(H,11,12);1H4/p-1. The number of nitrogens with zero attached hydrogens (tertiary/aromatic N) is 2. The first-order valence-corrected chi connectivity index (χ1v) is 2.88. The smallest absolute Gasteiger partial charge is 0.354 e. The Kier molecular flexibility index (Phi) is 3.52. The van der Waals surface area contributed by atoms with Gasteiger partial charge in [0.05, 0.1) is 11.7 Å². The molecular formula is C7H7N2O4-. The minimum Gasteiger partial charge on any atom is -0.543 e. The van der Waals surface area contributed by atoms with Crippen LogP contribution in [0.3, 0.4) is 0 Å². The minimum atomic E-state index is -1.53. The molecule has 1 N–H and O–H groups in total. The summed E-state index contributed by atoms with van der Waals surface area (Å²) < 4.78 is 0. The molecule has 0 saturated carbocycles. The molecule has 1 rings (SSSR count). The first kappa shape index (κ1) is 11.0. The maximum absolute atomic E-state index is 10.3. The second-order valence-corrected chi connectivity index (χ2v) is 1.88. The van der Waals surface area contributed by atoms with Crippen LogP contribution in [0.1, 0.15) is 28.4 Å². The van der Waals surface area contributed by atoms with Gasteiger partial charge >= 0.3 is 5.97 Å². The van der Waals surface area contributed by atoms with Crippen LogP contribution in [0.4, 0.5) is 0 Å². The van der Waals surface area contributed by atoms with E-state index < -0.39 is 17.6 Å². The fourth-order valence-electron chi connectivity index (χ4n) is 0.586. The van der Waals surface area contributed by atoms with Crippen molar-refractivity contribution in [3.63, 3.8) is 0 Å². The van der Waals surface area contributed by atoms with Crippen molar-refractivity contribution in [3.05, 3.63) is 23.8 Å². The molecule has 70 valence electrons. The number of aromatic nitrogens is 2. The average Bonchev–Trinajstić information content (AvgIpc) is 2.04. The predicted octanol–water partition coefficient (Wildman–Crippen LogP) is -0.826. The normalized spacial score (nSPS) is 8.62. The summed E-state index contributed by atoms with van der Waals surface area (Å²) in [5.41, 5.74) is -0.813. The highest BCUT2D eigenvalue weighted by atomic mass is 16.4. The van der Waals surface area contributed by atoms with E-state index in [4.69, 9.17) is 5.11 Å². The van der Waals surface area contributed by atoms with Gasteiger partial charge in [0.2, 0.25) is 0 Å². The molecule has 13 heavy (non-hydrogen) atoms. The molecular weight excluding hydrogens is 176 g/mol. The fourth-order valence-corrected chi connectivity index (χ4v) is 0.586. The van der Waals surface area contributed by atoms with Gasteiger partial charge in [0.15, 0.2) is 5.69 Å². The van der Waals surface area contributed by atoms with E-state index >= 15 is 0 Å². The maximum Gasteiger partial charge on any atom is 0.354 e. The van der Waals surface area contributed by atoms with Gasteiger partial charge in [0.1, 0.15) is 6.33 Å². The zero-order valence-corrected chi connectivity index (χ0v) is 5.72. The molecule has 0 unspecified atom stereocenters. The average molecular weight is 183 g/mol. The van der Waals surface area contributed by atoms with Gasteiger partial charge in [0, 0.05) is 0 Å². The Morgan fingerprint density at radius 2 is 1.85 bits per heavy atom. The summed E-state index contributed by atoms with van der Waals surface area (Å²) in [4.78, 5) is 27.1. The van der Waals surface area contributed by atoms with E-state index in [1.165, 1.54) is 0 Å². The molecule has 0 saturated heterocycles. The molecule has 1 aromatic heterocycles. The number of carbonyl (C=O) groups excluding carboxylic acids is 1. The molecule has 0 aliphatic heterocycles. The number of carbonyl (C=O) groups is 2. The quantitative estimate of drug-likeness (QED) is 0.642. The number of carboxylic acid groups (broad SMARTS) is 2. The van der Waals surface area contributed by atoms with Crippen LogP contribution >= 0.6 is 0 Å². The number of hydrogen-bond donors (Lipinski definition) is 1. The highest BCUT2D eigenvalue weighted by Crippen LogP contribution is 1.96. The van der Waals surface area contributed by atoms with E-state index in [0.29, 0.717) is 0 Å². The fraction of sp³-hybridized carbons (Fsp3) is 0.143. The predicted molar refractivity (Wildman–Crippen MR) is 40.1 cm³/mol. The summed E-state index contributed by atoms with van der Waals surface area (Å²) in [6, 6.07) is 0.831. The van der Waals surface area contributed by atoms with E-state index in [0.717, 1.165) is 12.4 Å².